The number of aromatic nitrogens is 1. The average Bonchev–Trinajstić information content (AvgIpc) is 2.14. The van der Waals surface area contributed by atoms with Gasteiger partial charge in [-0.25, -0.2) is 4.98 Å². The molecule has 1 heterocycles. The number of hydrogen-bond donors (Lipinski definition) is 0. The molecule has 16 heavy (non-hydrogen) atoms. The van der Waals surface area contributed by atoms with Gasteiger partial charge in [0.1, 0.15) is 5.69 Å². The van der Waals surface area contributed by atoms with E-state index in [2.05, 4.69) is 4.98 Å². The molecular formula is C9H7F6N. The maximum absolute atomic E-state index is 12.3. The van der Waals surface area contributed by atoms with Gasteiger partial charge in [-0.1, -0.05) is 6.92 Å². The molecule has 0 saturated carbocycles. The number of nitrogens with zero attached hydrogens (tertiary/aromatic N) is 1. The second kappa shape index (κ2) is 3.95. The molecule has 0 saturated heterocycles. The first-order valence-electron chi connectivity index (χ1n) is 4.30. The van der Waals surface area contributed by atoms with Crippen molar-refractivity contribution in [2.24, 2.45) is 0 Å². The van der Waals surface area contributed by atoms with Crippen LogP contribution in [0.3, 0.4) is 0 Å². The lowest BCUT2D eigenvalue weighted by molar-refractivity contribution is -0.145. The van der Waals surface area contributed by atoms with E-state index in [-0.39, 0.29) is 18.2 Å². The summed E-state index contributed by atoms with van der Waals surface area (Å²) in [5, 5.41) is 0. The predicted molar refractivity (Wildman–Crippen MR) is 43.6 cm³/mol. The largest absolute Gasteiger partial charge is 0.433 e. The van der Waals surface area contributed by atoms with Gasteiger partial charge in [0.25, 0.3) is 0 Å². The van der Waals surface area contributed by atoms with Gasteiger partial charge >= 0.3 is 12.4 Å². The van der Waals surface area contributed by atoms with Gasteiger partial charge in [0.05, 0.1) is 5.56 Å². The smallest absolute Gasteiger partial charge is 0.248 e. The van der Waals surface area contributed by atoms with Crippen LogP contribution in [0, 0.1) is 0 Å². The van der Waals surface area contributed by atoms with E-state index in [4.69, 9.17) is 0 Å². The summed E-state index contributed by atoms with van der Waals surface area (Å²) in [5.41, 5.74) is -3.08. The summed E-state index contributed by atoms with van der Waals surface area (Å²) in [4.78, 5) is 3.11. The summed E-state index contributed by atoms with van der Waals surface area (Å²) in [5.74, 6) is 0. The fourth-order valence-electron chi connectivity index (χ4n) is 1.08. The molecule has 0 aliphatic heterocycles. The molecule has 0 aliphatic rings. The average molecular weight is 243 g/mol. The molecule has 1 nitrogen and oxygen atoms in total. The predicted octanol–water partition coefficient (Wildman–Crippen LogP) is 3.68. The van der Waals surface area contributed by atoms with E-state index in [9.17, 15) is 26.3 Å². The number of rotatable bonds is 1. The molecule has 0 atom stereocenters. The van der Waals surface area contributed by atoms with Crippen LogP contribution in [0.4, 0.5) is 26.3 Å². The third kappa shape index (κ3) is 2.86. The van der Waals surface area contributed by atoms with Crippen LogP contribution in [-0.4, -0.2) is 4.98 Å². The van der Waals surface area contributed by atoms with Gasteiger partial charge in [-0.15, -0.1) is 0 Å². The lowest BCUT2D eigenvalue weighted by atomic mass is 10.1. The topological polar surface area (TPSA) is 12.9 Å². The van der Waals surface area contributed by atoms with Gasteiger partial charge in [-0.2, -0.15) is 26.3 Å². The van der Waals surface area contributed by atoms with Gasteiger partial charge in [-0.3, -0.25) is 0 Å². The molecule has 7 heteroatoms. The minimum Gasteiger partial charge on any atom is -0.248 e. The highest BCUT2D eigenvalue weighted by molar-refractivity contribution is 5.25. The van der Waals surface area contributed by atoms with Crippen LogP contribution in [0.25, 0.3) is 0 Å². The number of aryl methyl sites for hydroxylation is 1. The minimum atomic E-state index is -4.87. The highest BCUT2D eigenvalue weighted by atomic mass is 19.4. The summed E-state index contributed by atoms with van der Waals surface area (Å²) in [6.45, 7) is 1.43. The Bertz CT molecular complexity index is 346. The monoisotopic (exact) mass is 243 g/mol. The zero-order valence-electron chi connectivity index (χ0n) is 8.08. The number of alkyl halides is 6. The molecule has 0 aliphatic carbocycles. The zero-order valence-corrected chi connectivity index (χ0v) is 8.08. The highest BCUT2D eigenvalue weighted by Crippen LogP contribution is 2.34. The number of halogens is 6. The van der Waals surface area contributed by atoms with Gasteiger partial charge < -0.3 is 0 Å². The molecule has 0 aromatic carbocycles. The first-order chi connectivity index (χ1) is 7.14. The Hall–Kier alpha value is -1.27. The fraction of sp³-hybridized carbons (Fsp3) is 0.444. The van der Waals surface area contributed by atoms with Crippen LogP contribution in [0.2, 0.25) is 0 Å². The lowest BCUT2D eigenvalue weighted by Crippen LogP contribution is -2.14. The van der Waals surface area contributed by atoms with E-state index >= 15 is 0 Å². The van der Waals surface area contributed by atoms with Crippen molar-refractivity contribution < 1.29 is 26.3 Å². The van der Waals surface area contributed by atoms with Crippen LogP contribution >= 0.6 is 0 Å². The van der Waals surface area contributed by atoms with Crippen LogP contribution < -0.4 is 0 Å². The molecule has 0 spiro atoms. The fourth-order valence-corrected chi connectivity index (χ4v) is 1.08. The second-order valence-corrected chi connectivity index (χ2v) is 3.08. The summed E-state index contributed by atoms with van der Waals surface area (Å²) >= 11 is 0. The van der Waals surface area contributed by atoms with E-state index in [0.717, 1.165) is 0 Å². The third-order valence-electron chi connectivity index (χ3n) is 1.86. The Balaban J connectivity index is 3.33. The maximum atomic E-state index is 12.3. The normalized spacial score (nSPS) is 12.9. The van der Waals surface area contributed by atoms with Crippen molar-refractivity contribution in [2.45, 2.75) is 25.7 Å². The molecule has 1 rings (SSSR count). The van der Waals surface area contributed by atoms with Gasteiger partial charge in [0.2, 0.25) is 0 Å². The summed E-state index contributed by atoms with van der Waals surface area (Å²) < 4.78 is 73.6. The minimum absolute atomic E-state index is 0.00694. The van der Waals surface area contributed by atoms with Crippen molar-refractivity contribution in [2.75, 3.05) is 0 Å². The van der Waals surface area contributed by atoms with E-state index < -0.39 is 23.6 Å². The van der Waals surface area contributed by atoms with Crippen molar-refractivity contribution >= 4 is 0 Å². The standard InChI is InChI=1S/C9H7F6N/c1-2-6-3-5(8(10,11)12)4-7(16-6)9(13,14)15/h3-4H,2H2,1H3. The van der Waals surface area contributed by atoms with E-state index in [0.29, 0.717) is 6.07 Å². The lowest BCUT2D eigenvalue weighted by Gasteiger charge is -2.12. The molecule has 1 aromatic heterocycles. The highest BCUT2D eigenvalue weighted by Gasteiger charge is 2.37. The van der Waals surface area contributed by atoms with E-state index in [1.807, 2.05) is 0 Å². The van der Waals surface area contributed by atoms with Crippen LogP contribution in [0.15, 0.2) is 12.1 Å². The Morgan fingerprint density at radius 1 is 1.00 bits per heavy atom. The molecule has 0 bridgehead atoms. The zero-order chi connectivity index (χ0) is 12.6. The molecule has 1 aromatic rings. The third-order valence-corrected chi connectivity index (χ3v) is 1.86. The maximum Gasteiger partial charge on any atom is 0.433 e. The van der Waals surface area contributed by atoms with Crippen LogP contribution in [-0.2, 0) is 18.8 Å². The number of pyridine rings is 1. The van der Waals surface area contributed by atoms with Gasteiger partial charge in [-0.05, 0) is 18.6 Å². The van der Waals surface area contributed by atoms with Crippen LogP contribution in [0.5, 0.6) is 0 Å². The van der Waals surface area contributed by atoms with Crippen molar-refractivity contribution in [3.8, 4) is 0 Å². The molecule has 0 radical (unpaired) electrons. The quantitative estimate of drug-likeness (QED) is 0.685. The second-order valence-electron chi connectivity index (χ2n) is 3.08. The summed E-state index contributed by atoms with van der Waals surface area (Å²) in [7, 11) is 0. The SMILES string of the molecule is CCc1cc(C(F)(F)F)cc(C(F)(F)F)n1. The summed E-state index contributed by atoms with van der Waals surface area (Å²) in [6, 6.07) is 0.633. The van der Waals surface area contributed by atoms with E-state index in [1.165, 1.54) is 6.92 Å². The summed E-state index contributed by atoms with van der Waals surface area (Å²) in [6.07, 6.45) is -9.66. The van der Waals surface area contributed by atoms with Crippen LogP contribution in [0.1, 0.15) is 23.9 Å². The Labute approximate surface area is 87.1 Å². The molecule has 0 unspecified atom stereocenters. The van der Waals surface area contributed by atoms with E-state index in [1.54, 1.807) is 0 Å². The Morgan fingerprint density at radius 2 is 1.56 bits per heavy atom. The van der Waals surface area contributed by atoms with Crippen molar-refractivity contribution in [3.63, 3.8) is 0 Å². The first-order valence-corrected chi connectivity index (χ1v) is 4.30. The Morgan fingerprint density at radius 3 is 1.94 bits per heavy atom. The van der Waals surface area contributed by atoms with Gasteiger partial charge in [0.15, 0.2) is 0 Å². The number of hydrogen-bond acceptors (Lipinski definition) is 1. The Kier molecular flexibility index (Phi) is 3.16. The molecule has 0 amide bonds. The van der Waals surface area contributed by atoms with Gasteiger partial charge in [0, 0.05) is 5.69 Å². The first kappa shape index (κ1) is 12.8. The molecule has 90 valence electrons. The molecule has 0 fully saturated rings. The molecule has 0 N–H and O–H groups in total. The van der Waals surface area contributed by atoms with Crippen molar-refractivity contribution in [1.29, 1.82) is 0 Å². The van der Waals surface area contributed by atoms with Crippen molar-refractivity contribution in [3.05, 3.63) is 29.1 Å². The molecular weight excluding hydrogens is 236 g/mol. The van der Waals surface area contributed by atoms with Crippen molar-refractivity contribution in [1.82, 2.24) is 4.98 Å².